The number of hydrogen-bond acceptors (Lipinski definition) is 0. The molecule has 0 spiro atoms. The van der Waals surface area contributed by atoms with Crippen molar-refractivity contribution in [3.63, 3.8) is 0 Å². The standard InChI is InChI=1S/C7H10P.C5H5.Fe/c1-8(2)7-5-3-4-6-7;1-2-4-5-3-1;/h3-6H,1-2H3;1-5H;. The Morgan fingerprint density at radius 1 is 0.714 bits per heavy atom. The summed E-state index contributed by atoms with van der Waals surface area (Å²) in [4.78, 5) is 0. The van der Waals surface area contributed by atoms with Gasteiger partial charge < -0.3 is 0 Å². The van der Waals surface area contributed by atoms with Crippen molar-refractivity contribution in [1.82, 2.24) is 0 Å². The Labute approximate surface area is 102 Å². The van der Waals surface area contributed by atoms with Crippen molar-refractivity contribution in [1.29, 1.82) is 0 Å². The SMILES string of the molecule is CP(C)[C]1[CH][CH][CH][CH]1.[CH]1[CH][CH][CH][CH]1.[Fe]. The molecule has 0 unspecified atom stereocenters. The molecule has 2 aliphatic rings. The Balaban J connectivity index is 0.000000246. The summed E-state index contributed by atoms with van der Waals surface area (Å²) in [6.45, 7) is 4.54. The van der Waals surface area contributed by atoms with E-state index in [0.717, 1.165) is 0 Å². The minimum atomic E-state index is 0. The topological polar surface area (TPSA) is 0 Å². The van der Waals surface area contributed by atoms with E-state index in [1.165, 1.54) is 5.66 Å². The molecule has 2 saturated carbocycles. The van der Waals surface area contributed by atoms with Gasteiger partial charge in [-0.05, 0) is 71.1 Å². The normalized spacial score (nSPS) is 21.6. The van der Waals surface area contributed by atoms with Gasteiger partial charge in [0.2, 0.25) is 0 Å². The van der Waals surface area contributed by atoms with Crippen molar-refractivity contribution in [2.24, 2.45) is 0 Å². The van der Waals surface area contributed by atoms with Gasteiger partial charge >= 0.3 is 0 Å². The van der Waals surface area contributed by atoms with E-state index in [2.05, 4.69) is 39.0 Å². The second-order valence-corrected chi connectivity index (χ2v) is 5.31. The van der Waals surface area contributed by atoms with E-state index < -0.39 is 0 Å². The number of hydrogen-bond donors (Lipinski definition) is 0. The van der Waals surface area contributed by atoms with Gasteiger partial charge in [-0.15, -0.1) is 7.92 Å². The molecule has 0 atom stereocenters. The van der Waals surface area contributed by atoms with E-state index in [1.807, 2.05) is 32.1 Å². The van der Waals surface area contributed by atoms with E-state index in [-0.39, 0.29) is 25.0 Å². The van der Waals surface area contributed by atoms with Crippen molar-refractivity contribution in [3.8, 4) is 0 Å². The molecule has 0 heterocycles. The van der Waals surface area contributed by atoms with Gasteiger partial charge in [-0.3, -0.25) is 0 Å². The summed E-state index contributed by atoms with van der Waals surface area (Å²) in [5, 5.41) is 0. The van der Waals surface area contributed by atoms with Crippen molar-refractivity contribution in [2.45, 2.75) is 0 Å². The minimum absolute atomic E-state index is 0. The predicted octanol–water partition coefficient (Wildman–Crippen LogP) is 3.11. The first kappa shape index (κ1) is 14.9. The molecule has 0 saturated heterocycles. The molecule has 2 heteroatoms. The Morgan fingerprint density at radius 2 is 1.07 bits per heavy atom. The average molecular weight is 246 g/mol. The molecule has 10 radical (unpaired) electrons. The maximum Gasteiger partial charge on any atom is 0.00700 e. The molecular formula is C12H15FeP. The molecular weight excluding hydrogens is 231 g/mol. The van der Waals surface area contributed by atoms with Crippen LogP contribution in [0.4, 0.5) is 0 Å². The summed E-state index contributed by atoms with van der Waals surface area (Å²) in [5.74, 6) is 0. The van der Waals surface area contributed by atoms with Crippen LogP contribution in [0.25, 0.3) is 0 Å². The van der Waals surface area contributed by atoms with Gasteiger partial charge in [0.15, 0.2) is 0 Å². The zero-order valence-electron chi connectivity index (χ0n) is 8.50. The predicted molar refractivity (Wildman–Crippen MR) is 60.7 cm³/mol. The van der Waals surface area contributed by atoms with Crippen LogP contribution in [0.5, 0.6) is 0 Å². The molecule has 0 N–H and O–H groups in total. The Bertz CT molecular complexity index is 108. The molecule has 2 rings (SSSR count). The van der Waals surface area contributed by atoms with E-state index in [1.54, 1.807) is 0 Å². The van der Waals surface area contributed by atoms with Crippen LogP contribution in [-0.4, -0.2) is 13.3 Å². The Morgan fingerprint density at radius 3 is 1.29 bits per heavy atom. The molecule has 14 heavy (non-hydrogen) atoms. The molecule has 76 valence electrons. The molecule has 2 aliphatic carbocycles. The summed E-state index contributed by atoms with van der Waals surface area (Å²) in [5.41, 5.74) is 1.50. The summed E-state index contributed by atoms with van der Waals surface area (Å²) < 4.78 is 0. The van der Waals surface area contributed by atoms with Crippen molar-refractivity contribution in [2.75, 3.05) is 13.3 Å². The summed E-state index contributed by atoms with van der Waals surface area (Å²) in [7, 11) is 0.141. The van der Waals surface area contributed by atoms with Crippen LogP contribution in [-0.2, 0) is 17.1 Å². The van der Waals surface area contributed by atoms with E-state index in [4.69, 9.17) is 0 Å². The quantitative estimate of drug-likeness (QED) is 0.492. The van der Waals surface area contributed by atoms with Gasteiger partial charge in [-0.2, -0.15) is 0 Å². The summed E-state index contributed by atoms with van der Waals surface area (Å²) in [6, 6.07) is 0. The van der Waals surface area contributed by atoms with Crippen LogP contribution in [0.1, 0.15) is 0 Å². The second-order valence-electron chi connectivity index (χ2n) is 3.00. The molecule has 0 amide bonds. The minimum Gasteiger partial charge on any atom is -0.105 e. The van der Waals surface area contributed by atoms with Gasteiger partial charge in [0.05, 0.1) is 0 Å². The van der Waals surface area contributed by atoms with Gasteiger partial charge in [0.25, 0.3) is 0 Å². The van der Waals surface area contributed by atoms with Crippen LogP contribution in [0.3, 0.4) is 0 Å². The van der Waals surface area contributed by atoms with E-state index in [9.17, 15) is 0 Å². The largest absolute Gasteiger partial charge is 0.105 e. The molecule has 0 aromatic rings. The first-order valence-corrected chi connectivity index (χ1v) is 6.60. The van der Waals surface area contributed by atoms with Crippen molar-refractivity contribution < 1.29 is 17.1 Å². The fourth-order valence-electron chi connectivity index (χ4n) is 0.983. The van der Waals surface area contributed by atoms with Gasteiger partial charge in [-0.1, -0.05) is 0 Å². The monoisotopic (exact) mass is 246 g/mol. The van der Waals surface area contributed by atoms with Crippen LogP contribution in [0.2, 0.25) is 0 Å². The zero-order chi connectivity index (χ0) is 9.52. The van der Waals surface area contributed by atoms with Crippen LogP contribution in [0, 0.1) is 63.4 Å². The van der Waals surface area contributed by atoms with E-state index >= 15 is 0 Å². The molecule has 2 fully saturated rings. The summed E-state index contributed by atoms with van der Waals surface area (Å²) in [6.07, 6.45) is 18.6. The Kier molecular flexibility index (Phi) is 9.82. The van der Waals surface area contributed by atoms with E-state index in [0.29, 0.717) is 0 Å². The first-order valence-electron chi connectivity index (χ1n) is 4.36. The number of rotatable bonds is 1. The van der Waals surface area contributed by atoms with Gasteiger partial charge in [0.1, 0.15) is 0 Å². The van der Waals surface area contributed by atoms with Crippen molar-refractivity contribution >= 4 is 7.92 Å². The van der Waals surface area contributed by atoms with Crippen LogP contribution >= 0.6 is 7.92 Å². The summed E-state index contributed by atoms with van der Waals surface area (Å²) >= 11 is 0. The maximum atomic E-state index is 2.27. The molecule has 0 aromatic heterocycles. The van der Waals surface area contributed by atoms with Gasteiger partial charge in [-0.25, -0.2) is 0 Å². The smallest absolute Gasteiger partial charge is 0.00700 e. The van der Waals surface area contributed by atoms with Crippen LogP contribution < -0.4 is 0 Å². The fourth-order valence-corrected chi connectivity index (χ4v) is 1.75. The maximum absolute atomic E-state index is 2.27. The third kappa shape index (κ3) is 6.44. The fraction of sp³-hybridized carbons (Fsp3) is 0.167. The molecule has 0 bridgehead atoms. The average Bonchev–Trinajstić information content (AvgIpc) is 2.82. The van der Waals surface area contributed by atoms with Crippen LogP contribution in [0.15, 0.2) is 0 Å². The molecule has 0 nitrogen and oxygen atoms in total. The third-order valence-corrected chi connectivity index (χ3v) is 3.05. The molecule has 0 aromatic carbocycles. The third-order valence-electron chi connectivity index (χ3n) is 1.72. The molecule has 0 aliphatic heterocycles. The Hall–Kier alpha value is 0.949. The zero-order valence-corrected chi connectivity index (χ0v) is 10.5. The van der Waals surface area contributed by atoms with Gasteiger partial charge in [0, 0.05) is 22.7 Å². The van der Waals surface area contributed by atoms with Crippen molar-refractivity contribution in [3.05, 3.63) is 63.4 Å². The second kappa shape index (κ2) is 9.20. The first-order chi connectivity index (χ1) is 6.30.